The molecule has 104 valence electrons. The molecule has 1 fully saturated rings. The lowest BCUT2D eigenvalue weighted by Gasteiger charge is -2.29. The monoisotopic (exact) mass is 327 g/mol. The van der Waals surface area contributed by atoms with Gasteiger partial charge < -0.3 is 4.90 Å². The zero-order chi connectivity index (χ0) is 13.8. The SMILES string of the molecule is Cc1ccc(F)cc1C(=O)N(CCBr)C1CCCC1. The molecule has 0 bridgehead atoms. The molecule has 1 aromatic rings. The van der Waals surface area contributed by atoms with Crippen LogP contribution in [0, 0.1) is 12.7 Å². The number of nitrogens with zero attached hydrogens (tertiary/aromatic N) is 1. The molecule has 1 saturated carbocycles. The highest BCUT2D eigenvalue weighted by Gasteiger charge is 2.27. The fourth-order valence-electron chi connectivity index (χ4n) is 2.74. The second-order valence-corrected chi connectivity index (χ2v) is 5.88. The van der Waals surface area contributed by atoms with Gasteiger partial charge in [0.1, 0.15) is 5.82 Å². The maximum Gasteiger partial charge on any atom is 0.254 e. The van der Waals surface area contributed by atoms with E-state index in [1.54, 1.807) is 6.07 Å². The van der Waals surface area contributed by atoms with Gasteiger partial charge in [-0.3, -0.25) is 4.79 Å². The average molecular weight is 328 g/mol. The Balaban J connectivity index is 2.25. The molecule has 1 aromatic carbocycles. The van der Waals surface area contributed by atoms with Crippen LogP contribution in [-0.2, 0) is 0 Å². The predicted molar refractivity (Wildman–Crippen MR) is 78.2 cm³/mol. The summed E-state index contributed by atoms with van der Waals surface area (Å²) >= 11 is 3.40. The Labute approximate surface area is 122 Å². The zero-order valence-electron chi connectivity index (χ0n) is 11.2. The third kappa shape index (κ3) is 3.35. The van der Waals surface area contributed by atoms with E-state index >= 15 is 0 Å². The van der Waals surface area contributed by atoms with Crippen molar-refractivity contribution in [3.05, 3.63) is 35.1 Å². The van der Waals surface area contributed by atoms with Crippen molar-refractivity contribution in [1.29, 1.82) is 0 Å². The molecule has 0 N–H and O–H groups in total. The van der Waals surface area contributed by atoms with E-state index < -0.39 is 0 Å². The Bertz CT molecular complexity index is 457. The summed E-state index contributed by atoms with van der Waals surface area (Å²) in [6.07, 6.45) is 4.48. The molecule has 2 rings (SSSR count). The van der Waals surface area contributed by atoms with Crippen LogP contribution >= 0.6 is 15.9 Å². The first-order valence-electron chi connectivity index (χ1n) is 6.76. The number of aryl methyl sites for hydroxylation is 1. The Hall–Kier alpha value is -0.900. The third-order valence-corrected chi connectivity index (χ3v) is 4.14. The molecule has 0 spiro atoms. The highest BCUT2D eigenvalue weighted by Crippen LogP contribution is 2.25. The first-order chi connectivity index (χ1) is 9.13. The Morgan fingerprint density at radius 1 is 1.42 bits per heavy atom. The van der Waals surface area contributed by atoms with Gasteiger partial charge in [-0.2, -0.15) is 0 Å². The number of carbonyl (C=O) groups is 1. The van der Waals surface area contributed by atoms with Crippen molar-refractivity contribution in [2.45, 2.75) is 38.6 Å². The maximum absolute atomic E-state index is 13.4. The van der Waals surface area contributed by atoms with Crippen LogP contribution in [0.3, 0.4) is 0 Å². The molecule has 0 aromatic heterocycles. The summed E-state index contributed by atoms with van der Waals surface area (Å²) in [6, 6.07) is 4.74. The smallest absolute Gasteiger partial charge is 0.254 e. The minimum absolute atomic E-state index is 0.0386. The fourth-order valence-corrected chi connectivity index (χ4v) is 3.12. The quantitative estimate of drug-likeness (QED) is 0.768. The van der Waals surface area contributed by atoms with Crippen LogP contribution in [0.4, 0.5) is 4.39 Å². The van der Waals surface area contributed by atoms with Crippen LogP contribution in [0.15, 0.2) is 18.2 Å². The first kappa shape index (κ1) is 14.5. The van der Waals surface area contributed by atoms with Crippen molar-refractivity contribution in [2.75, 3.05) is 11.9 Å². The second-order valence-electron chi connectivity index (χ2n) is 5.09. The Morgan fingerprint density at radius 2 is 2.11 bits per heavy atom. The molecule has 0 saturated heterocycles. The second kappa shape index (κ2) is 6.51. The van der Waals surface area contributed by atoms with Gasteiger partial charge in [-0.1, -0.05) is 34.8 Å². The number of hydrogen-bond donors (Lipinski definition) is 0. The Kier molecular flexibility index (Phi) is 4.97. The standard InChI is InChI=1S/C15H19BrFNO/c1-11-6-7-12(17)10-14(11)15(19)18(9-8-16)13-4-2-3-5-13/h6-7,10,13H,2-5,8-9H2,1H3. The molecule has 4 heteroatoms. The highest BCUT2D eigenvalue weighted by molar-refractivity contribution is 9.09. The summed E-state index contributed by atoms with van der Waals surface area (Å²) in [6.45, 7) is 2.53. The normalized spacial score (nSPS) is 15.7. The first-order valence-corrected chi connectivity index (χ1v) is 7.88. The van der Waals surface area contributed by atoms with Gasteiger partial charge in [0.15, 0.2) is 0 Å². The van der Waals surface area contributed by atoms with E-state index in [0.29, 0.717) is 18.2 Å². The molecule has 0 heterocycles. The van der Waals surface area contributed by atoms with Crippen molar-refractivity contribution in [3.63, 3.8) is 0 Å². The number of halogens is 2. The molecule has 0 atom stereocenters. The number of hydrogen-bond acceptors (Lipinski definition) is 1. The largest absolute Gasteiger partial charge is 0.335 e. The topological polar surface area (TPSA) is 20.3 Å². The van der Waals surface area contributed by atoms with E-state index in [2.05, 4.69) is 15.9 Å². The van der Waals surface area contributed by atoms with Gasteiger partial charge in [0, 0.05) is 23.5 Å². The third-order valence-electron chi connectivity index (χ3n) is 3.78. The van der Waals surface area contributed by atoms with Crippen molar-refractivity contribution in [1.82, 2.24) is 4.90 Å². The maximum atomic E-state index is 13.4. The van der Waals surface area contributed by atoms with Crippen LogP contribution in [0.5, 0.6) is 0 Å². The van der Waals surface area contributed by atoms with Crippen LogP contribution in [0.25, 0.3) is 0 Å². The van der Waals surface area contributed by atoms with Crippen molar-refractivity contribution < 1.29 is 9.18 Å². The number of alkyl halides is 1. The highest BCUT2D eigenvalue weighted by atomic mass is 79.9. The average Bonchev–Trinajstić information content (AvgIpc) is 2.92. The number of rotatable bonds is 4. The number of carbonyl (C=O) groups excluding carboxylic acids is 1. The van der Waals surface area contributed by atoms with Crippen molar-refractivity contribution in [2.24, 2.45) is 0 Å². The van der Waals surface area contributed by atoms with Gasteiger partial charge in [-0.25, -0.2) is 4.39 Å². The lowest BCUT2D eigenvalue weighted by atomic mass is 10.1. The summed E-state index contributed by atoms with van der Waals surface area (Å²) in [7, 11) is 0. The molecule has 2 nitrogen and oxygen atoms in total. The van der Waals surface area contributed by atoms with Gasteiger partial charge in [0.05, 0.1) is 0 Å². The lowest BCUT2D eigenvalue weighted by Crippen LogP contribution is -2.40. The van der Waals surface area contributed by atoms with Crippen LogP contribution in [0.2, 0.25) is 0 Å². The molecule has 0 radical (unpaired) electrons. The summed E-state index contributed by atoms with van der Waals surface area (Å²) in [5.41, 5.74) is 1.33. The zero-order valence-corrected chi connectivity index (χ0v) is 12.7. The summed E-state index contributed by atoms with van der Waals surface area (Å²) < 4.78 is 13.4. The molecule has 1 amide bonds. The van der Waals surface area contributed by atoms with E-state index in [0.717, 1.165) is 23.7 Å². The summed E-state index contributed by atoms with van der Waals surface area (Å²) in [5, 5.41) is 0.754. The minimum atomic E-state index is -0.348. The molecular weight excluding hydrogens is 309 g/mol. The number of benzene rings is 1. The van der Waals surface area contributed by atoms with Gasteiger partial charge in [-0.05, 0) is 37.5 Å². The van der Waals surface area contributed by atoms with E-state index in [9.17, 15) is 9.18 Å². The molecule has 0 aliphatic heterocycles. The predicted octanol–water partition coefficient (Wildman–Crippen LogP) is 3.91. The Morgan fingerprint density at radius 3 is 2.74 bits per heavy atom. The molecular formula is C15H19BrFNO. The van der Waals surface area contributed by atoms with Crippen molar-refractivity contribution >= 4 is 21.8 Å². The van der Waals surface area contributed by atoms with Crippen LogP contribution in [0.1, 0.15) is 41.6 Å². The summed E-state index contributed by atoms with van der Waals surface area (Å²) in [5.74, 6) is -0.387. The number of amides is 1. The van der Waals surface area contributed by atoms with E-state index in [1.165, 1.54) is 25.0 Å². The molecule has 19 heavy (non-hydrogen) atoms. The summed E-state index contributed by atoms with van der Waals surface area (Å²) in [4.78, 5) is 14.5. The van der Waals surface area contributed by atoms with E-state index in [4.69, 9.17) is 0 Å². The van der Waals surface area contributed by atoms with Gasteiger partial charge in [0.25, 0.3) is 5.91 Å². The minimum Gasteiger partial charge on any atom is -0.335 e. The molecule has 1 aliphatic carbocycles. The fraction of sp³-hybridized carbons (Fsp3) is 0.533. The molecule has 0 unspecified atom stereocenters. The van der Waals surface area contributed by atoms with Gasteiger partial charge >= 0.3 is 0 Å². The van der Waals surface area contributed by atoms with Gasteiger partial charge in [0.2, 0.25) is 0 Å². The van der Waals surface area contributed by atoms with E-state index in [1.807, 2.05) is 11.8 Å². The van der Waals surface area contributed by atoms with Crippen LogP contribution < -0.4 is 0 Å². The van der Waals surface area contributed by atoms with Crippen molar-refractivity contribution in [3.8, 4) is 0 Å². The lowest BCUT2D eigenvalue weighted by molar-refractivity contribution is 0.0695. The van der Waals surface area contributed by atoms with Crippen LogP contribution in [-0.4, -0.2) is 28.7 Å². The van der Waals surface area contributed by atoms with Gasteiger partial charge in [-0.15, -0.1) is 0 Å². The molecule has 1 aliphatic rings. The van der Waals surface area contributed by atoms with E-state index in [-0.39, 0.29) is 11.7 Å².